The number of benzene rings is 1. The molecular formula is C14H19F2NO3. The first-order valence-corrected chi connectivity index (χ1v) is 6.59. The Hall–Kier alpha value is -1.40. The summed E-state index contributed by atoms with van der Waals surface area (Å²) in [4.78, 5) is 0. The Balaban J connectivity index is 1.87. The van der Waals surface area contributed by atoms with Gasteiger partial charge < -0.3 is 19.9 Å². The van der Waals surface area contributed by atoms with Crippen molar-refractivity contribution in [2.45, 2.75) is 32.1 Å². The molecule has 1 fully saturated rings. The summed E-state index contributed by atoms with van der Waals surface area (Å²) < 4.78 is 34.0. The lowest BCUT2D eigenvalue weighted by Gasteiger charge is -2.31. The van der Waals surface area contributed by atoms with E-state index in [-0.39, 0.29) is 17.6 Å². The molecule has 20 heavy (non-hydrogen) atoms. The normalized spacial score (nSPS) is 21.6. The van der Waals surface area contributed by atoms with Gasteiger partial charge in [0.1, 0.15) is 0 Å². The third-order valence-corrected chi connectivity index (χ3v) is 3.42. The van der Waals surface area contributed by atoms with E-state index in [1.54, 1.807) is 18.2 Å². The van der Waals surface area contributed by atoms with Gasteiger partial charge in [-0.25, -0.2) is 0 Å². The monoisotopic (exact) mass is 287 g/mol. The molecule has 0 amide bonds. The number of hydrogen-bond acceptors (Lipinski definition) is 4. The predicted octanol–water partition coefficient (Wildman–Crippen LogP) is 2.16. The molecule has 0 spiro atoms. The molecule has 6 heteroatoms. The molecule has 1 aliphatic rings. The molecular weight excluding hydrogens is 268 g/mol. The van der Waals surface area contributed by atoms with Crippen molar-refractivity contribution >= 4 is 0 Å². The number of alkyl halides is 2. The van der Waals surface area contributed by atoms with Gasteiger partial charge in [-0.3, -0.25) is 0 Å². The molecule has 4 nitrogen and oxygen atoms in total. The zero-order valence-electron chi connectivity index (χ0n) is 11.3. The van der Waals surface area contributed by atoms with Crippen LogP contribution in [0.15, 0.2) is 18.2 Å². The summed E-state index contributed by atoms with van der Waals surface area (Å²) in [5.41, 5.74) is 0.848. The lowest BCUT2D eigenvalue weighted by molar-refractivity contribution is -0.0512. The van der Waals surface area contributed by atoms with Crippen LogP contribution in [-0.4, -0.2) is 31.5 Å². The Kier molecular flexibility index (Phi) is 5.14. The third-order valence-electron chi connectivity index (χ3n) is 3.42. The molecule has 0 heterocycles. The smallest absolute Gasteiger partial charge is 0.387 e. The fraction of sp³-hybridized carbons (Fsp3) is 0.571. The van der Waals surface area contributed by atoms with Crippen molar-refractivity contribution in [1.82, 2.24) is 5.32 Å². The topological polar surface area (TPSA) is 50.7 Å². The Morgan fingerprint density at radius 3 is 2.70 bits per heavy atom. The van der Waals surface area contributed by atoms with Crippen molar-refractivity contribution in [2.24, 2.45) is 5.92 Å². The van der Waals surface area contributed by atoms with E-state index < -0.39 is 6.61 Å². The first-order valence-electron chi connectivity index (χ1n) is 6.59. The fourth-order valence-electron chi connectivity index (χ4n) is 2.31. The van der Waals surface area contributed by atoms with Crippen LogP contribution >= 0.6 is 0 Å². The maximum Gasteiger partial charge on any atom is 0.387 e. The average molecular weight is 287 g/mol. The van der Waals surface area contributed by atoms with Crippen LogP contribution in [-0.2, 0) is 6.54 Å². The summed E-state index contributed by atoms with van der Waals surface area (Å²) in [6.07, 6.45) is 1.50. The molecule has 2 N–H and O–H groups in total. The molecule has 0 radical (unpaired) electrons. The number of hydrogen-bond donors (Lipinski definition) is 2. The molecule has 0 aliphatic heterocycles. The number of aliphatic hydroxyl groups is 1. The van der Waals surface area contributed by atoms with Crippen LogP contribution in [0.5, 0.6) is 11.5 Å². The third kappa shape index (κ3) is 4.05. The number of aliphatic hydroxyl groups excluding tert-OH is 1. The quantitative estimate of drug-likeness (QED) is 0.807. The second-order valence-corrected chi connectivity index (χ2v) is 4.99. The molecule has 0 saturated heterocycles. The van der Waals surface area contributed by atoms with Gasteiger partial charge in [0, 0.05) is 6.54 Å². The van der Waals surface area contributed by atoms with Gasteiger partial charge >= 0.3 is 6.61 Å². The van der Waals surface area contributed by atoms with Crippen molar-refractivity contribution in [3.05, 3.63) is 23.8 Å². The summed E-state index contributed by atoms with van der Waals surface area (Å²) >= 11 is 0. The highest BCUT2D eigenvalue weighted by Crippen LogP contribution is 2.30. The van der Waals surface area contributed by atoms with Crippen LogP contribution in [0.25, 0.3) is 0 Å². The Labute approximate surface area is 116 Å². The van der Waals surface area contributed by atoms with Crippen molar-refractivity contribution < 1.29 is 23.4 Å². The van der Waals surface area contributed by atoms with E-state index in [1.165, 1.54) is 7.11 Å². The minimum Gasteiger partial charge on any atom is -0.493 e. The van der Waals surface area contributed by atoms with E-state index in [0.29, 0.717) is 12.5 Å². The van der Waals surface area contributed by atoms with Gasteiger partial charge in [0.25, 0.3) is 0 Å². The minimum atomic E-state index is -2.87. The first-order chi connectivity index (χ1) is 9.58. The summed E-state index contributed by atoms with van der Waals surface area (Å²) in [5.74, 6) is 0.831. The van der Waals surface area contributed by atoms with Crippen LogP contribution in [0.2, 0.25) is 0 Å². The van der Waals surface area contributed by atoms with Gasteiger partial charge in [-0.15, -0.1) is 0 Å². The van der Waals surface area contributed by atoms with Crippen LogP contribution in [0.4, 0.5) is 8.78 Å². The highest BCUT2D eigenvalue weighted by atomic mass is 19.3. The fourth-order valence-corrected chi connectivity index (χ4v) is 2.31. The molecule has 0 bridgehead atoms. The van der Waals surface area contributed by atoms with Crippen molar-refractivity contribution in [1.29, 1.82) is 0 Å². The maximum absolute atomic E-state index is 12.3. The zero-order chi connectivity index (χ0) is 14.5. The predicted molar refractivity (Wildman–Crippen MR) is 70.1 cm³/mol. The van der Waals surface area contributed by atoms with Crippen molar-refractivity contribution in [3.8, 4) is 11.5 Å². The Bertz CT molecular complexity index is 436. The van der Waals surface area contributed by atoms with Gasteiger partial charge in [-0.1, -0.05) is 6.07 Å². The lowest BCUT2D eigenvalue weighted by atomic mass is 9.82. The Morgan fingerprint density at radius 2 is 2.10 bits per heavy atom. The lowest BCUT2D eigenvalue weighted by Crippen LogP contribution is -2.35. The molecule has 2 rings (SSSR count). The SMILES string of the molecule is COc1ccc(CNCC2CC(O)C2)cc1OC(F)F. The average Bonchev–Trinajstić information content (AvgIpc) is 2.36. The molecule has 0 atom stereocenters. The van der Waals surface area contributed by atoms with E-state index in [4.69, 9.17) is 4.74 Å². The molecule has 1 saturated carbocycles. The number of halogens is 2. The van der Waals surface area contributed by atoms with Crippen LogP contribution in [0.3, 0.4) is 0 Å². The molecule has 1 aromatic rings. The number of rotatable bonds is 7. The summed E-state index contributed by atoms with van der Waals surface area (Å²) in [6.45, 7) is -1.49. The maximum atomic E-state index is 12.3. The van der Waals surface area contributed by atoms with Gasteiger partial charge in [-0.05, 0) is 43.0 Å². The zero-order valence-corrected chi connectivity index (χ0v) is 11.3. The summed E-state index contributed by atoms with van der Waals surface area (Å²) in [7, 11) is 1.41. The van der Waals surface area contributed by atoms with Crippen LogP contribution in [0.1, 0.15) is 18.4 Å². The second-order valence-electron chi connectivity index (χ2n) is 4.99. The first kappa shape index (κ1) is 15.0. The highest BCUT2D eigenvalue weighted by Gasteiger charge is 2.26. The number of nitrogens with one attached hydrogen (secondary N) is 1. The van der Waals surface area contributed by atoms with Gasteiger partial charge in [0.15, 0.2) is 11.5 Å². The molecule has 0 unspecified atom stereocenters. The van der Waals surface area contributed by atoms with Gasteiger partial charge in [0.05, 0.1) is 13.2 Å². The van der Waals surface area contributed by atoms with E-state index in [1.807, 2.05) is 0 Å². The van der Waals surface area contributed by atoms with E-state index in [9.17, 15) is 13.9 Å². The van der Waals surface area contributed by atoms with E-state index >= 15 is 0 Å². The van der Waals surface area contributed by atoms with Crippen molar-refractivity contribution in [3.63, 3.8) is 0 Å². The summed E-state index contributed by atoms with van der Waals surface area (Å²) in [5, 5.41) is 12.4. The molecule has 0 aromatic heterocycles. The van der Waals surface area contributed by atoms with Crippen LogP contribution in [0, 0.1) is 5.92 Å². The summed E-state index contributed by atoms with van der Waals surface area (Å²) in [6, 6.07) is 4.97. The largest absolute Gasteiger partial charge is 0.493 e. The second kappa shape index (κ2) is 6.85. The Morgan fingerprint density at radius 1 is 1.35 bits per heavy atom. The van der Waals surface area contributed by atoms with E-state index in [0.717, 1.165) is 24.9 Å². The number of methoxy groups -OCH3 is 1. The van der Waals surface area contributed by atoms with Gasteiger partial charge in [0.2, 0.25) is 0 Å². The van der Waals surface area contributed by atoms with E-state index in [2.05, 4.69) is 10.1 Å². The highest BCUT2D eigenvalue weighted by molar-refractivity contribution is 5.42. The number of ether oxygens (including phenoxy) is 2. The van der Waals surface area contributed by atoms with Crippen molar-refractivity contribution in [2.75, 3.05) is 13.7 Å². The molecule has 112 valence electrons. The molecule has 1 aromatic carbocycles. The molecule has 1 aliphatic carbocycles. The van der Waals surface area contributed by atoms with Gasteiger partial charge in [-0.2, -0.15) is 8.78 Å². The standard InChI is InChI=1S/C14H19F2NO3/c1-19-12-3-2-9(6-13(12)20-14(15)16)7-17-8-10-4-11(18)5-10/h2-3,6,10-11,14,17-18H,4-5,7-8H2,1H3. The van der Waals surface area contributed by atoms with Crippen LogP contribution < -0.4 is 14.8 Å². The minimum absolute atomic E-state index is 0.0425.